The Balaban J connectivity index is 1.76. The summed E-state index contributed by atoms with van der Waals surface area (Å²) in [5.74, 6) is 2.65. The van der Waals surface area contributed by atoms with Gasteiger partial charge in [0.15, 0.2) is 5.78 Å². The summed E-state index contributed by atoms with van der Waals surface area (Å²) in [5, 5.41) is 0. The molecule has 3 aromatic rings. The number of rotatable bonds is 7. The fourth-order valence-corrected chi connectivity index (χ4v) is 7.03. The van der Waals surface area contributed by atoms with Crippen LogP contribution in [0.25, 0.3) is 0 Å². The lowest BCUT2D eigenvalue weighted by Crippen LogP contribution is -2.24. The Morgan fingerprint density at radius 3 is 1.86 bits per heavy atom. The molecule has 1 aliphatic rings. The van der Waals surface area contributed by atoms with E-state index in [-0.39, 0.29) is 17.6 Å². The van der Waals surface area contributed by atoms with Crippen LogP contribution in [0.3, 0.4) is 0 Å². The molecule has 4 rings (SSSR count). The second kappa shape index (κ2) is 10.2. The monoisotopic (exact) mass is 418 g/mol. The van der Waals surface area contributed by atoms with Gasteiger partial charge in [0.1, 0.15) is 0 Å². The zero-order valence-corrected chi connectivity index (χ0v) is 18.1. The van der Waals surface area contributed by atoms with Gasteiger partial charge in [-0.15, -0.1) is 23.5 Å². The molecule has 29 heavy (non-hydrogen) atoms. The van der Waals surface area contributed by atoms with E-state index in [0.717, 1.165) is 17.5 Å². The number of thioether (sulfide) groups is 2. The number of benzene rings is 3. The van der Waals surface area contributed by atoms with Crippen LogP contribution < -0.4 is 0 Å². The normalized spacial score (nSPS) is 16.8. The summed E-state index contributed by atoms with van der Waals surface area (Å²) < 4.78 is 0.545. The van der Waals surface area contributed by atoms with Crippen LogP contribution >= 0.6 is 23.5 Å². The Morgan fingerprint density at radius 2 is 1.28 bits per heavy atom. The third kappa shape index (κ3) is 5.15. The van der Waals surface area contributed by atoms with Crippen molar-refractivity contribution in [2.24, 2.45) is 0 Å². The number of carbonyl (C=O) groups is 1. The van der Waals surface area contributed by atoms with Gasteiger partial charge in [-0.3, -0.25) is 4.79 Å². The minimum atomic E-state index is -0.177. The summed E-state index contributed by atoms with van der Waals surface area (Å²) >= 11 is 4.12. The summed E-state index contributed by atoms with van der Waals surface area (Å²) in [6.45, 7) is 0. The van der Waals surface area contributed by atoms with E-state index in [1.807, 2.05) is 48.5 Å². The van der Waals surface area contributed by atoms with Crippen molar-refractivity contribution in [1.82, 2.24) is 0 Å². The van der Waals surface area contributed by atoms with Crippen LogP contribution in [0.4, 0.5) is 0 Å². The molecule has 2 atom stereocenters. The van der Waals surface area contributed by atoms with Crippen molar-refractivity contribution >= 4 is 29.3 Å². The van der Waals surface area contributed by atoms with Gasteiger partial charge in [0.2, 0.25) is 0 Å². The molecule has 0 unspecified atom stereocenters. The molecule has 3 heteroatoms. The first-order valence-electron chi connectivity index (χ1n) is 10.3. The average Bonchev–Trinajstić information content (AvgIpc) is 2.81. The van der Waals surface area contributed by atoms with Gasteiger partial charge in [-0.25, -0.2) is 0 Å². The van der Waals surface area contributed by atoms with E-state index in [1.54, 1.807) is 0 Å². The molecule has 0 spiro atoms. The lowest BCUT2D eigenvalue weighted by molar-refractivity contribution is 0.0945. The Morgan fingerprint density at radius 1 is 0.759 bits per heavy atom. The molecule has 0 aliphatic carbocycles. The quantitative estimate of drug-likeness (QED) is 0.384. The van der Waals surface area contributed by atoms with Crippen molar-refractivity contribution < 1.29 is 4.79 Å². The van der Waals surface area contributed by atoms with E-state index in [2.05, 4.69) is 66.0 Å². The third-order valence-corrected chi connectivity index (χ3v) is 8.47. The van der Waals surface area contributed by atoms with Crippen LogP contribution in [-0.4, -0.2) is 21.9 Å². The van der Waals surface area contributed by atoms with Gasteiger partial charge in [-0.1, -0.05) is 91.0 Å². The highest BCUT2D eigenvalue weighted by Crippen LogP contribution is 2.44. The van der Waals surface area contributed by atoms with Crippen LogP contribution in [-0.2, 0) is 0 Å². The number of hydrogen-bond donors (Lipinski definition) is 0. The fourth-order valence-electron chi connectivity index (χ4n) is 4.05. The van der Waals surface area contributed by atoms with Gasteiger partial charge < -0.3 is 0 Å². The smallest absolute Gasteiger partial charge is 0.170 e. The molecule has 1 heterocycles. The minimum absolute atomic E-state index is 0.161. The Kier molecular flexibility index (Phi) is 7.13. The van der Waals surface area contributed by atoms with Crippen molar-refractivity contribution in [3.8, 4) is 0 Å². The molecule has 1 fully saturated rings. The molecular weight excluding hydrogens is 392 g/mol. The van der Waals surface area contributed by atoms with Gasteiger partial charge in [-0.05, 0) is 41.4 Å². The third-order valence-electron chi connectivity index (χ3n) is 5.47. The van der Waals surface area contributed by atoms with Crippen molar-refractivity contribution in [3.05, 3.63) is 108 Å². The zero-order chi connectivity index (χ0) is 19.9. The van der Waals surface area contributed by atoms with Crippen molar-refractivity contribution in [2.75, 3.05) is 11.5 Å². The highest BCUT2D eigenvalue weighted by atomic mass is 32.2. The van der Waals surface area contributed by atoms with Gasteiger partial charge in [0, 0.05) is 5.56 Å². The maximum absolute atomic E-state index is 13.8. The number of hydrogen-bond acceptors (Lipinski definition) is 3. The number of ketones is 1. The second-order valence-electron chi connectivity index (χ2n) is 7.40. The molecule has 148 valence electrons. The number of Topliss-reactive ketones (excluding diaryl/α,β-unsaturated/α-hetero) is 1. The van der Waals surface area contributed by atoms with Crippen LogP contribution in [0.5, 0.6) is 0 Å². The first-order valence-corrected chi connectivity index (χ1v) is 12.3. The molecule has 0 N–H and O–H groups in total. The van der Waals surface area contributed by atoms with E-state index in [0.29, 0.717) is 4.58 Å². The predicted molar refractivity (Wildman–Crippen MR) is 127 cm³/mol. The van der Waals surface area contributed by atoms with Crippen molar-refractivity contribution in [1.29, 1.82) is 0 Å². The summed E-state index contributed by atoms with van der Waals surface area (Å²) in [6, 6.07) is 30.8. The molecule has 0 aromatic heterocycles. The van der Waals surface area contributed by atoms with E-state index >= 15 is 0 Å². The molecule has 0 radical (unpaired) electrons. The first kappa shape index (κ1) is 20.3. The highest BCUT2D eigenvalue weighted by molar-refractivity contribution is 8.17. The topological polar surface area (TPSA) is 17.1 Å². The summed E-state index contributed by atoms with van der Waals surface area (Å²) in [6.07, 6.45) is 2.30. The Hall–Kier alpha value is -1.97. The lowest BCUT2D eigenvalue weighted by atomic mass is 9.76. The Labute approximate surface area is 182 Å². The van der Waals surface area contributed by atoms with Crippen LogP contribution in [0.15, 0.2) is 91.0 Å². The molecule has 0 saturated carbocycles. The molecular formula is C26H26OS2. The molecule has 1 aliphatic heterocycles. The van der Waals surface area contributed by atoms with E-state index in [9.17, 15) is 4.79 Å². The average molecular weight is 419 g/mol. The van der Waals surface area contributed by atoms with Gasteiger partial charge in [-0.2, -0.15) is 0 Å². The molecule has 0 amide bonds. The largest absolute Gasteiger partial charge is 0.293 e. The van der Waals surface area contributed by atoms with Crippen molar-refractivity contribution in [3.63, 3.8) is 0 Å². The maximum atomic E-state index is 13.8. The number of carbonyl (C=O) groups excluding carboxylic acids is 1. The van der Waals surface area contributed by atoms with Crippen LogP contribution in [0.1, 0.15) is 46.2 Å². The Bertz CT molecular complexity index is 890. The minimum Gasteiger partial charge on any atom is -0.293 e. The SMILES string of the molecule is O=C(c1ccccc1)[C@@H](c1ccccc1)[C@H](CC1SCCCS1)c1ccccc1. The summed E-state index contributed by atoms with van der Waals surface area (Å²) in [5.41, 5.74) is 3.17. The van der Waals surface area contributed by atoms with Crippen molar-refractivity contribution in [2.45, 2.75) is 29.3 Å². The van der Waals surface area contributed by atoms with E-state index in [1.165, 1.54) is 23.5 Å². The van der Waals surface area contributed by atoms with Gasteiger partial charge in [0.05, 0.1) is 10.5 Å². The standard InChI is InChI=1S/C26H26OS2/c27-26(22-15-8-3-9-16-22)25(21-13-6-2-7-14-21)23(20-11-4-1-5-12-20)19-24-28-17-10-18-29-24/h1-9,11-16,23-25H,10,17-19H2/t23-,25+/m1/s1. The molecule has 0 bridgehead atoms. The molecule has 1 nitrogen and oxygen atoms in total. The van der Waals surface area contributed by atoms with Gasteiger partial charge >= 0.3 is 0 Å². The molecule has 3 aromatic carbocycles. The summed E-state index contributed by atoms with van der Waals surface area (Å²) in [4.78, 5) is 13.8. The maximum Gasteiger partial charge on any atom is 0.170 e. The highest BCUT2D eigenvalue weighted by Gasteiger charge is 2.34. The fraction of sp³-hybridized carbons (Fsp3) is 0.269. The second-order valence-corrected chi connectivity index (χ2v) is 10.3. The van der Waals surface area contributed by atoms with Crippen LogP contribution in [0.2, 0.25) is 0 Å². The first-order chi connectivity index (χ1) is 14.3. The molecule has 1 saturated heterocycles. The summed E-state index contributed by atoms with van der Waals surface area (Å²) in [7, 11) is 0. The predicted octanol–water partition coefficient (Wildman–Crippen LogP) is 7.02. The zero-order valence-electron chi connectivity index (χ0n) is 16.4. The lowest BCUT2D eigenvalue weighted by Gasteiger charge is -2.31. The van der Waals surface area contributed by atoms with E-state index in [4.69, 9.17) is 0 Å². The van der Waals surface area contributed by atoms with Crippen LogP contribution in [0, 0.1) is 0 Å². The van der Waals surface area contributed by atoms with Gasteiger partial charge in [0.25, 0.3) is 0 Å². The van der Waals surface area contributed by atoms with E-state index < -0.39 is 0 Å².